The summed E-state index contributed by atoms with van der Waals surface area (Å²) in [6, 6.07) is 0. The number of likely N-dealkylation sites (tertiary alicyclic amines) is 1. The van der Waals surface area contributed by atoms with Gasteiger partial charge >= 0.3 is 0 Å². The van der Waals surface area contributed by atoms with Gasteiger partial charge in [-0.1, -0.05) is 0 Å². The lowest BCUT2D eigenvalue weighted by molar-refractivity contribution is -0.138. The maximum absolute atomic E-state index is 11.3. The molecule has 1 saturated heterocycles. The van der Waals surface area contributed by atoms with Gasteiger partial charge in [0.2, 0.25) is 11.8 Å². The molecule has 0 spiro atoms. The third-order valence-corrected chi connectivity index (χ3v) is 2.84. The summed E-state index contributed by atoms with van der Waals surface area (Å²) in [6.45, 7) is 0.240. The zero-order chi connectivity index (χ0) is 11.4. The molecular formula is C10H15NO3S. The Morgan fingerprint density at radius 2 is 1.87 bits per heavy atom. The molecule has 1 heterocycles. The van der Waals surface area contributed by atoms with Crippen LogP contribution in [0.2, 0.25) is 0 Å². The Morgan fingerprint density at radius 3 is 2.33 bits per heavy atom. The summed E-state index contributed by atoms with van der Waals surface area (Å²) in [5.74, 6) is -0.296. The second-order valence-electron chi connectivity index (χ2n) is 3.65. The fourth-order valence-corrected chi connectivity index (χ4v) is 2.06. The molecule has 0 saturated carbocycles. The lowest BCUT2D eigenvalue weighted by Gasteiger charge is -2.11. The van der Waals surface area contributed by atoms with Crippen LogP contribution in [-0.2, 0) is 14.4 Å². The molecule has 0 aliphatic carbocycles. The third kappa shape index (κ3) is 3.58. The lowest BCUT2D eigenvalue weighted by atomic mass is 10.3. The van der Waals surface area contributed by atoms with Crippen molar-refractivity contribution < 1.29 is 14.4 Å². The van der Waals surface area contributed by atoms with Crippen LogP contribution in [0.25, 0.3) is 0 Å². The summed E-state index contributed by atoms with van der Waals surface area (Å²) in [4.78, 5) is 34.9. The van der Waals surface area contributed by atoms with Gasteiger partial charge in [-0.05, 0) is 12.5 Å². The summed E-state index contributed by atoms with van der Waals surface area (Å²) < 4.78 is 0. The highest BCUT2D eigenvalue weighted by atomic mass is 32.2. The van der Waals surface area contributed by atoms with Crippen LogP contribution in [0.3, 0.4) is 0 Å². The van der Waals surface area contributed by atoms with E-state index in [0.717, 1.165) is 0 Å². The Morgan fingerprint density at radius 1 is 1.33 bits per heavy atom. The van der Waals surface area contributed by atoms with E-state index < -0.39 is 0 Å². The largest absolute Gasteiger partial charge is 0.294 e. The van der Waals surface area contributed by atoms with Crippen LogP contribution in [0.5, 0.6) is 0 Å². The Bertz CT molecular complexity index is 316. The second kappa shape index (κ2) is 5.21. The summed E-state index contributed by atoms with van der Waals surface area (Å²) in [5.41, 5.74) is 0. The number of hydrogen-bond acceptors (Lipinski definition) is 3. The molecule has 0 unspecified atom stereocenters. The first-order chi connectivity index (χ1) is 7.00. The summed E-state index contributed by atoms with van der Waals surface area (Å²) in [6.07, 6.45) is 4.74. The summed E-state index contributed by atoms with van der Waals surface area (Å²) in [7, 11) is -0.0291. The molecule has 0 bridgehead atoms. The van der Waals surface area contributed by atoms with Gasteiger partial charge in [-0.2, -0.15) is 10.5 Å². The van der Waals surface area contributed by atoms with E-state index in [1.165, 1.54) is 4.90 Å². The maximum Gasteiger partial charge on any atom is 0.229 e. The Balaban J connectivity index is 2.43. The number of rotatable bonds is 4. The Kier molecular flexibility index (Phi) is 4.20. The third-order valence-electron chi connectivity index (χ3n) is 2.10. The zero-order valence-corrected chi connectivity index (χ0v) is 9.80. The van der Waals surface area contributed by atoms with E-state index in [1.807, 2.05) is 12.5 Å². The molecule has 0 aromatic heterocycles. The highest BCUT2D eigenvalue weighted by molar-refractivity contribution is 8.14. The normalized spacial score (nSPS) is 16.3. The van der Waals surface area contributed by atoms with E-state index in [1.54, 1.807) is 5.37 Å². The average Bonchev–Trinajstić information content (AvgIpc) is 2.42. The molecule has 0 aromatic rings. The number of Topliss-reactive ketones (excluding diaryl/α,β-unsaturated/α-hetero) is 1. The molecule has 2 amide bonds. The van der Waals surface area contributed by atoms with Crippen LogP contribution >= 0.6 is 10.5 Å². The molecule has 4 nitrogen and oxygen atoms in total. The minimum Gasteiger partial charge on any atom is -0.294 e. The minimum atomic E-state index is -0.153. The van der Waals surface area contributed by atoms with Crippen LogP contribution in [0.15, 0.2) is 0 Å². The molecule has 0 N–H and O–H groups in total. The van der Waals surface area contributed by atoms with Crippen molar-refractivity contribution >= 4 is 33.4 Å². The van der Waals surface area contributed by atoms with Gasteiger partial charge in [-0.15, -0.1) is 0 Å². The van der Waals surface area contributed by atoms with Crippen molar-refractivity contribution in [3.8, 4) is 0 Å². The topological polar surface area (TPSA) is 54.5 Å². The first-order valence-electron chi connectivity index (χ1n) is 4.78. The zero-order valence-electron chi connectivity index (χ0n) is 8.99. The predicted octanol–water partition coefficient (Wildman–Crippen LogP) is 0.425. The molecule has 1 aliphatic rings. The number of nitrogens with zero attached hydrogens (tertiary/aromatic N) is 1. The first kappa shape index (κ1) is 12.1. The highest BCUT2D eigenvalue weighted by Gasteiger charge is 2.28. The van der Waals surface area contributed by atoms with E-state index in [2.05, 4.69) is 0 Å². The van der Waals surface area contributed by atoms with Gasteiger partial charge in [0.25, 0.3) is 0 Å². The van der Waals surface area contributed by atoms with Crippen molar-refractivity contribution in [2.24, 2.45) is 0 Å². The fourth-order valence-electron chi connectivity index (χ4n) is 1.42. The molecule has 84 valence electrons. The number of ketones is 1. The lowest BCUT2D eigenvalue weighted by Crippen LogP contribution is -2.31. The standard InChI is InChI=1S/C10H15NO3S/c1-15(2)7-8(12)5-6-11-9(13)3-4-10(11)14/h7H,3-6H2,1-2H3. The highest BCUT2D eigenvalue weighted by Crippen LogP contribution is 2.11. The number of hydrogen-bond donors (Lipinski definition) is 0. The molecule has 1 rings (SSSR count). The SMILES string of the molecule is CS(C)=CC(=O)CCN1C(=O)CCC1=O. The van der Waals surface area contributed by atoms with E-state index in [-0.39, 0.29) is 41.0 Å². The molecular weight excluding hydrogens is 214 g/mol. The van der Waals surface area contributed by atoms with Gasteiger partial charge < -0.3 is 0 Å². The second-order valence-corrected chi connectivity index (χ2v) is 5.65. The Hall–Kier alpha value is -0.970. The van der Waals surface area contributed by atoms with Crippen molar-refractivity contribution in [3.63, 3.8) is 0 Å². The monoisotopic (exact) mass is 229 g/mol. The van der Waals surface area contributed by atoms with E-state index in [9.17, 15) is 14.4 Å². The van der Waals surface area contributed by atoms with Crippen LogP contribution in [0.1, 0.15) is 19.3 Å². The van der Waals surface area contributed by atoms with Gasteiger partial charge in [-0.3, -0.25) is 19.3 Å². The van der Waals surface area contributed by atoms with Crippen molar-refractivity contribution in [2.45, 2.75) is 19.3 Å². The molecule has 0 aromatic carbocycles. The smallest absolute Gasteiger partial charge is 0.229 e. The summed E-state index contributed by atoms with van der Waals surface area (Å²) in [5, 5.41) is 1.64. The molecule has 0 radical (unpaired) electrons. The van der Waals surface area contributed by atoms with E-state index in [4.69, 9.17) is 0 Å². The van der Waals surface area contributed by atoms with Gasteiger partial charge in [0.05, 0.1) is 0 Å². The number of carbonyl (C=O) groups is 3. The van der Waals surface area contributed by atoms with Gasteiger partial charge in [0, 0.05) is 31.2 Å². The van der Waals surface area contributed by atoms with Crippen molar-refractivity contribution in [1.29, 1.82) is 0 Å². The quantitative estimate of drug-likeness (QED) is 0.519. The molecule has 5 heteroatoms. The first-order valence-corrected chi connectivity index (χ1v) is 6.88. The maximum atomic E-state index is 11.3. The summed E-state index contributed by atoms with van der Waals surface area (Å²) >= 11 is 0. The van der Waals surface area contributed by atoms with Crippen molar-refractivity contribution in [1.82, 2.24) is 4.90 Å². The molecule has 1 aliphatic heterocycles. The van der Waals surface area contributed by atoms with Gasteiger partial charge in [0.1, 0.15) is 0 Å². The fraction of sp³-hybridized carbons (Fsp3) is 0.600. The average molecular weight is 229 g/mol. The number of carbonyl (C=O) groups excluding carboxylic acids is 3. The van der Waals surface area contributed by atoms with Crippen molar-refractivity contribution in [2.75, 3.05) is 19.1 Å². The van der Waals surface area contributed by atoms with Gasteiger partial charge in [0.15, 0.2) is 5.78 Å². The van der Waals surface area contributed by atoms with Gasteiger partial charge in [-0.25, -0.2) is 0 Å². The number of amides is 2. The predicted molar refractivity (Wildman–Crippen MR) is 61.1 cm³/mol. The number of imide groups is 1. The molecule has 1 fully saturated rings. The minimum absolute atomic E-state index is 0.0100. The van der Waals surface area contributed by atoms with Crippen LogP contribution < -0.4 is 0 Å². The van der Waals surface area contributed by atoms with Crippen molar-refractivity contribution in [3.05, 3.63) is 0 Å². The molecule has 0 atom stereocenters. The van der Waals surface area contributed by atoms with Crippen LogP contribution in [0.4, 0.5) is 0 Å². The van der Waals surface area contributed by atoms with Crippen LogP contribution in [-0.4, -0.2) is 46.9 Å². The Labute approximate surface area is 91.6 Å². The van der Waals surface area contributed by atoms with Crippen LogP contribution in [0, 0.1) is 0 Å². The van der Waals surface area contributed by atoms with E-state index in [0.29, 0.717) is 12.8 Å². The molecule has 15 heavy (non-hydrogen) atoms. The van der Waals surface area contributed by atoms with E-state index >= 15 is 0 Å².